The number of nitrogen functional groups attached to an aromatic ring is 1. The third kappa shape index (κ3) is 1.57. The van der Waals surface area contributed by atoms with E-state index in [4.69, 9.17) is 5.84 Å². The van der Waals surface area contributed by atoms with Gasteiger partial charge in [0.2, 0.25) is 0 Å². The van der Waals surface area contributed by atoms with Crippen molar-refractivity contribution < 1.29 is 4.79 Å². The van der Waals surface area contributed by atoms with Crippen molar-refractivity contribution >= 4 is 18.1 Å². The Kier molecular flexibility index (Phi) is 2.36. The van der Waals surface area contributed by atoms with Gasteiger partial charge < -0.3 is 4.98 Å². The van der Waals surface area contributed by atoms with Crippen molar-refractivity contribution in [2.24, 2.45) is 5.84 Å². The Morgan fingerprint density at radius 2 is 2.33 bits per heavy atom. The first-order valence-corrected chi connectivity index (χ1v) is 3.39. The third-order valence-electron chi connectivity index (χ3n) is 1.20. The highest BCUT2D eigenvalue weighted by molar-refractivity contribution is 7.71. The average Bonchev–Trinajstić information content (AvgIpc) is 2.03. The van der Waals surface area contributed by atoms with E-state index in [1.807, 2.05) is 5.43 Å². The number of H-pyrrole nitrogens is 2. The molecule has 0 fully saturated rings. The molecule has 12 heavy (non-hydrogen) atoms. The van der Waals surface area contributed by atoms with Crippen LogP contribution in [0.5, 0.6) is 0 Å². The molecule has 1 amide bonds. The van der Waals surface area contributed by atoms with Gasteiger partial charge in [-0.3, -0.25) is 20.0 Å². The van der Waals surface area contributed by atoms with Crippen molar-refractivity contribution in [3.8, 4) is 0 Å². The molecule has 0 aliphatic carbocycles. The molecule has 0 aliphatic rings. The molecule has 1 aromatic rings. The van der Waals surface area contributed by atoms with E-state index in [2.05, 4.69) is 22.2 Å². The fourth-order valence-corrected chi connectivity index (χ4v) is 0.808. The summed E-state index contributed by atoms with van der Waals surface area (Å²) in [5, 5.41) is 0. The zero-order chi connectivity index (χ0) is 9.14. The largest absolute Gasteiger partial charge is 0.338 e. The summed E-state index contributed by atoms with van der Waals surface area (Å²) in [6.07, 6.45) is 1.20. The van der Waals surface area contributed by atoms with E-state index < -0.39 is 11.5 Å². The Balaban J connectivity index is 3.28. The average molecular weight is 186 g/mol. The van der Waals surface area contributed by atoms with Gasteiger partial charge in [-0.05, 0) is 12.2 Å². The maximum atomic E-state index is 11.0. The smallest absolute Gasteiger partial charge is 0.272 e. The van der Waals surface area contributed by atoms with Gasteiger partial charge in [0, 0.05) is 6.20 Å². The van der Waals surface area contributed by atoms with Crippen LogP contribution in [0.25, 0.3) is 0 Å². The van der Waals surface area contributed by atoms with Crippen LogP contribution in [0.2, 0.25) is 0 Å². The van der Waals surface area contributed by atoms with Gasteiger partial charge in [-0.15, -0.1) is 0 Å². The van der Waals surface area contributed by atoms with Gasteiger partial charge in [0.15, 0.2) is 4.77 Å². The number of carbonyl (C=O) groups excluding carboxylic acids is 1. The molecule has 0 radical (unpaired) electrons. The lowest BCUT2D eigenvalue weighted by atomic mass is 10.3. The topological polar surface area (TPSA) is 104 Å². The summed E-state index contributed by atoms with van der Waals surface area (Å²) in [6, 6.07) is 0. The van der Waals surface area contributed by atoms with Gasteiger partial charge in [-0.25, -0.2) is 5.84 Å². The number of nitrogens with two attached hydrogens (primary N) is 1. The molecule has 64 valence electrons. The molecular weight excluding hydrogens is 180 g/mol. The van der Waals surface area contributed by atoms with Crippen LogP contribution in [0, 0.1) is 4.77 Å². The van der Waals surface area contributed by atoms with Crippen molar-refractivity contribution in [3.05, 3.63) is 26.9 Å². The number of carbonyl (C=O) groups is 1. The molecule has 0 aliphatic heterocycles. The predicted molar refractivity (Wildman–Crippen MR) is 43.9 cm³/mol. The number of aromatic amines is 2. The SMILES string of the molecule is NNC(=O)c1c[nH]c(=S)[nH]c1=O. The normalized spacial score (nSPS) is 9.42. The van der Waals surface area contributed by atoms with Gasteiger partial charge in [0.1, 0.15) is 5.56 Å². The number of aromatic nitrogens is 2. The minimum atomic E-state index is -0.664. The van der Waals surface area contributed by atoms with E-state index in [0.29, 0.717) is 0 Å². The van der Waals surface area contributed by atoms with Crippen molar-refractivity contribution in [1.82, 2.24) is 15.4 Å². The Hall–Kier alpha value is -1.47. The Morgan fingerprint density at radius 3 is 2.83 bits per heavy atom. The summed E-state index contributed by atoms with van der Waals surface area (Å²) < 4.78 is 0.161. The lowest BCUT2D eigenvalue weighted by Gasteiger charge is -1.95. The minimum Gasteiger partial charge on any atom is -0.338 e. The van der Waals surface area contributed by atoms with Crippen LogP contribution in [0.15, 0.2) is 11.0 Å². The van der Waals surface area contributed by atoms with Crippen molar-refractivity contribution in [2.45, 2.75) is 0 Å². The number of hydrogen-bond acceptors (Lipinski definition) is 4. The molecular formula is C5H6N4O2S. The van der Waals surface area contributed by atoms with Crippen LogP contribution in [-0.4, -0.2) is 15.9 Å². The molecule has 7 heteroatoms. The summed E-state index contributed by atoms with van der Waals surface area (Å²) in [5.74, 6) is 4.15. The maximum Gasteiger partial charge on any atom is 0.272 e. The monoisotopic (exact) mass is 186 g/mol. The zero-order valence-corrected chi connectivity index (χ0v) is 6.70. The summed E-state index contributed by atoms with van der Waals surface area (Å²) in [7, 11) is 0. The van der Waals surface area contributed by atoms with Gasteiger partial charge in [-0.1, -0.05) is 0 Å². The molecule has 5 N–H and O–H groups in total. The van der Waals surface area contributed by atoms with E-state index in [1.165, 1.54) is 6.20 Å². The lowest BCUT2D eigenvalue weighted by Crippen LogP contribution is -2.34. The van der Waals surface area contributed by atoms with Gasteiger partial charge in [0.05, 0.1) is 0 Å². The second kappa shape index (κ2) is 3.28. The van der Waals surface area contributed by atoms with E-state index >= 15 is 0 Å². The molecule has 0 saturated heterocycles. The van der Waals surface area contributed by atoms with Crippen molar-refractivity contribution in [1.29, 1.82) is 0 Å². The molecule has 0 bridgehead atoms. The summed E-state index contributed by atoms with van der Waals surface area (Å²) in [5.41, 5.74) is 1.16. The number of hydrazine groups is 1. The lowest BCUT2D eigenvalue weighted by molar-refractivity contribution is 0.0951. The van der Waals surface area contributed by atoms with Crippen LogP contribution in [0.3, 0.4) is 0 Å². The first-order valence-electron chi connectivity index (χ1n) is 2.98. The molecule has 1 aromatic heterocycles. The number of nitrogens with one attached hydrogen (secondary N) is 3. The summed E-state index contributed by atoms with van der Waals surface area (Å²) in [6.45, 7) is 0. The van der Waals surface area contributed by atoms with Crippen LogP contribution >= 0.6 is 12.2 Å². The van der Waals surface area contributed by atoms with E-state index in [1.54, 1.807) is 0 Å². The molecule has 0 spiro atoms. The second-order valence-electron chi connectivity index (χ2n) is 1.96. The number of amides is 1. The zero-order valence-electron chi connectivity index (χ0n) is 5.88. The molecule has 1 rings (SSSR count). The van der Waals surface area contributed by atoms with Crippen molar-refractivity contribution in [2.75, 3.05) is 0 Å². The van der Waals surface area contributed by atoms with Crippen molar-refractivity contribution in [3.63, 3.8) is 0 Å². The van der Waals surface area contributed by atoms with Crippen LogP contribution in [0.4, 0.5) is 0 Å². The molecule has 0 aromatic carbocycles. The molecule has 0 unspecified atom stereocenters. The Morgan fingerprint density at radius 1 is 1.67 bits per heavy atom. The van der Waals surface area contributed by atoms with Crippen LogP contribution < -0.4 is 16.8 Å². The number of rotatable bonds is 1. The fourth-order valence-electron chi connectivity index (χ4n) is 0.656. The first-order chi connectivity index (χ1) is 5.65. The molecule has 0 atom stereocenters. The van der Waals surface area contributed by atoms with Gasteiger partial charge in [-0.2, -0.15) is 0 Å². The highest BCUT2D eigenvalue weighted by Crippen LogP contribution is 1.84. The van der Waals surface area contributed by atoms with Crippen LogP contribution in [0.1, 0.15) is 10.4 Å². The van der Waals surface area contributed by atoms with E-state index in [0.717, 1.165) is 0 Å². The minimum absolute atomic E-state index is 0.105. The molecule has 6 nitrogen and oxygen atoms in total. The van der Waals surface area contributed by atoms with E-state index in [-0.39, 0.29) is 10.3 Å². The number of hydrogen-bond donors (Lipinski definition) is 4. The summed E-state index contributed by atoms with van der Waals surface area (Å²) >= 11 is 4.61. The standard InChI is InChI=1S/C5H6N4O2S/c6-9-4(11)2-1-7-5(12)8-3(2)10/h1H,6H2,(H,9,11)(H2,7,8,10,12). The molecule has 0 saturated carbocycles. The summed E-state index contributed by atoms with van der Waals surface area (Å²) in [4.78, 5) is 26.6. The Bertz CT molecular complexity index is 406. The fraction of sp³-hybridized carbons (Fsp3) is 0. The predicted octanol–water partition coefficient (Wildman–Crippen LogP) is -0.964. The Labute approximate surface area is 71.8 Å². The van der Waals surface area contributed by atoms with Gasteiger partial charge in [0.25, 0.3) is 11.5 Å². The maximum absolute atomic E-state index is 11.0. The second-order valence-corrected chi connectivity index (χ2v) is 2.37. The quantitative estimate of drug-likeness (QED) is 0.196. The highest BCUT2D eigenvalue weighted by atomic mass is 32.1. The van der Waals surface area contributed by atoms with Crippen LogP contribution in [-0.2, 0) is 0 Å². The first kappa shape index (κ1) is 8.62. The third-order valence-corrected chi connectivity index (χ3v) is 1.41. The van der Waals surface area contributed by atoms with E-state index in [9.17, 15) is 9.59 Å². The highest BCUT2D eigenvalue weighted by Gasteiger charge is 2.07. The molecule has 1 heterocycles. The van der Waals surface area contributed by atoms with Gasteiger partial charge >= 0.3 is 0 Å².